The molecule has 1 aromatic carbocycles. The van der Waals surface area contributed by atoms with E-state index < -0.39 is 5.60 Å². The summed E-state index contributed by atoms with van der Waals surface area (Å²) >= 11 is 0. The van der Waals surface area contributed by atoms with Crippen LogP contribution in [0.3, 0.4) is 0 Å². The summed E-state index contributed by atoms with van der Waals surface area (Å²) in [6.45, 7) is 1.33. The van der Waals surface area contributed by atoms with Crippen LogP contribution >= 0.6 is 0 Å². The maximum absolute atomic E-state index is 13.4. The Kier molecular flexibility index (Phi) is 5.92. The number of nitrogens with one attached hydrogen (secondary N) is 1. The van der Waals surface area contributed by atoms with Crippen molar-refractivity contribution in [3.8, 4) is 0 Å². The second-order valence-electron chi connectivity index (χ2n) is 6.47. The van der Waals surface area contributed by atoms with E-state index in [4.69, 9.17) is 4.74 Å². The summed E-state index contributed by atoms with van der Waals surface area (Å²) in [5.41, 5.74) is -0.101. The van der Waals surface area contributed by atoms with Crippen molar-refractivity contribution in [1.29, 1.82) is 0 Å². The molecule has 2 aromatic rings. The van der Waals surface area contributed by atoms with Crippen LogP contribution in [0.2, 0.25) is 0 Å². The molecule has 1 atom stereocenters. The van der Waals surface area contributed by atoms with E-state index in [2.05, 4.69) is 10.3 Å². The molecule has 26 heavy (non-hydrogen) atoms. The predicted octanol–water partition coefficient (Wildman–Crippen LogP) is 1.47. The average molecular weight is 359 g/mol. The zero-order valence-corrected chi connectivity index (χ0v) is 14.4. The van der Waals surface area contributed by atoms with Gasteiger partial charge in [-0.3, -0.25) is 9.69 Å². The topological polar surface area (TPSA) is 74.7 Å². The van der Waals surface area contributed by atoms with E-state index in [1.807, 2.05) is 4.90 Å². The van der Waals surface area contributed by atoms with Crippen molar-refractivity contribution in [3.63, 3.8) is 0 Å². The van der Waals surface area contributed by atoms with E-state index in [0.717, 1.165) is 5.56 Å². The third-order valence-corrected chi connectivity index (χ3v) is 4.33. The number of carbonyl (C=O) groups is 1. The first-order valence-electron chi connectivity index (χ1n) is 8.51. The Morgan fingerprint density at radius 1 is 1.35 bits per heavy atom. The van der Waals surface area contributed by atoms with Crippen LogP contribution in [0.1, 0.15) is 5.56 Å². The molecular formula is C19H22FN3O3. The smallest absolute Gasteiger partial charge is 0.239 e. The molecule has 1 aromatic heterocycles. The summed E-state index contributed by atoms with van der Waals surface area (Å²) in [6, 6.07) is 11.6. The zero-order valence-electron chi connectivity index (χ0n) is 14.4. The van der Waals surface area contributed by atoms with Crippen molar-refractivity contribution in [2.24, 2.45) is 0 Å². The Hall–Kier alpha value is -2.35. The molecule has 2 N–H and O–H groups in total. The quantitative estimate of drug-likeness (QED) is 0.817. The molecule has 0 bridgehead atoms. The number of amides is 1. The molecule has 138 valence electrons. The SMILES string of the molecule is O=C(CN1CCO[C@@](CO)(Cc2cccc(F)c2)C1)Nc1ccccn1. The highest BCUT2D eigenvalue weighted by Gasteiger charge is 2.37. The van der Waals surface area contributed by atoms with Crippen LogP contribution in [0.4, 0.5) is 10.2 Å². The molecular weight excluding hydrogens is 337 g/mol. The van der Waals surface area contributed by atoms with Crippen molar-refractivity contribution in [1.82, 2.24) is 9.88 Å². The fourth-order valence-electron chi connectivity index (χ4n) is 3.16. The van der Waals surface area contributed by atoms with Crippen LogP contribution in [0.25, 0.3) is 0 Å². The Morgan fingerprint density at radius 3 is 2.96 bits per heavy atom. The highest BCUT2D eigenvalue weighted by atomic mass is 19.1. The van der Waals surface area contributed by atoms with Crippen LogP contribution in [0.5, 0.6) is 0 Å². The maximum Gasteiger partial charge on any atom is 0.239 e. The Morgan fingerprint density at radius 2 is 2.23 bits per heavy atom. The first kappa shape index (κ1) is 18.4. The third-order valence-electron chi connectivity index (χ3n) is 4.33. The summed E-state index contributed by atoms with van der Waals surface area (Å²) in [7, 11) is 0. The van der Waals surface area contributed by atoms with E-state index in [-0.39, 0.29) is 24.9 Å². The molecule has 0 aliphatic carbocycles. The number of pyridine rings is 1. The summed E-state index contributed by atoms with van der Waals surface area (Å²) in [5.74, 6) is 0.000122. The monoisotopic (exact) mass is 359 g/mol. The number of carbonyl (C=O) groups excluding carboxylic acids is 1. The second-order valence-corrected chi connectivity index (χ2v) is 6.47. The molecule has 1 saturated heterocycles. The zero-order chi connectivity index (χ0) is 18.4. The van der Waals surface area contributed by atoms with Crippen LogP contribution < -0.4 is 5.32 Å². The van der Waals surface area contributed by atoms with E-state index >= 15 is 0 Å². The molecule has 1 aliphatic heterocycles. The lowest BCUT2D eigenvalue weighted by Crippen LogP contribution is -2.56. The van der Waals surface area contributed by atoms with Gasteiger partial charge in [0.2, 0.25) is 5.91 Å². The standard InChI is InChI=1S/C19H22FN3O3/c20-16-5-3-4-15(10-16)11-19(14-24)13-23(8-9-26-19)12-18(25)22-17-6-1-2-7-21-17/h1-7,10,24H,8-9,11-14H2,(H,21,22,25)/t19-/m0/s1. The number of nitrogens with zero attached hydrogens (tertiary/aromatic N) is 2. The van der Waals surface area contributed by atoms with Crippen molar-refractivity contribution in [2.45, 2.75) is 12.0 Å². The second kappa shape index (κ2) is 8.35. The van der Waals surface area contributed by atoms with Gasteiger partial charge in [0.1, 0.15) is 17.2 Å². The third kappa shape index (κ3) is 4.85. The number of morpholine rings is 1. The van der Waals surface area contributed by atoms with Gasteiger partial charge in [-0.05, 0) is 29.8 Å². The number of aliphatic hydroxyl groups is 1. The molecule has 2 heterocycles. The number of benzene rings is 1. The first-order valence-corrected chi connectivity index (χ1v) is 8.51. The number of aliphatic hydroxyl groups excluding tert-OH is 1. The number of hydrogen-bond acceptors (Lipinski definition) is 5. The van der Waals surface area contributed by atoms with Gasteiger partial charge >= 0.3 is 0 Å². The van der Waals surface area contributed by atoms with Gasteiger partial charge in [-0.1, -0.05) is 18.2 Å². The van der Waals surface area contributed by atoms with Gasteiger partial charge in [-0.2, -0.15) is 0 Å². The van der Waals surface area contributed by atoms with Gasteiger partial charge in [0.15, 0.2) is 0 Å². The fourth-order valence-corrected chi connectivity index (χ4v) is 3.16. The number of hydrogen-bond donors (Lipinski definition) is 2. The predicted molar refractivity (Wildman–Crippen MR) is 95.2 cm³/mol. The van der Waals surface area contributed by atoms with Crippen molar-refractivity contribution >= 4 is 11.7 Å². The van der Waals surface area contributed by atoms with Gasteiger partial charge in [0, 0.05) is 25.7 Å². The van der Waals surface area contributed by atoms with E-state index in [9.17, 15) is 14.3 Å². The molecule has 0 saturated carbocycles. The highest BCUT2D eigenvalue weighted by molar-refractivity contribution is 5.91. The van der Waals surface area contributed by atoms with Crippen molar-refractivity contribution in [3.05, 3.63) is 60.0 Å². The van der Waals surface area contributed by atoms with Crippen LogP contribution in [-0.2, 0) is 16.0 Å². The number of anilines is 1. The normalized spacial score (nSPS) is 20.7. The molecule has 7 heteroatoms. The molecule has 3 rings (SSSR count). The minimum Gasteiger partial charge on any atom is -0.393 e. The van der Waals surface area contributed by atoms with Crippen LogP contribution in [0, 0.1) is 5.82 Å². The first-order chi connectivity index (χ1) is 12.6. The lowest BCUT2D eigenvalue weighted by atomic mass is 9.93. The molecule has 1 fully saturated rings. The lowest BCUT2D eigenvalue weighted by molar-refractivity contribution is -0.138. The summed E-state index contributed by atoms with van der Waals surface area (Å²) in [6.07, 6.45) is 1.99. The van der Waals surface area contributed by atoms with Crippen molar-refractivity contribution < 1.29 is 19.0 Å². The molecule has 1 amide bonds. The van der Waals surface area contributed by atoms with E-state index in [0.29, 0.717) is 31.9 Å². The number of aromatic nitrogens is 1. The fraction of sp³-hybridized carbons (Fsp3) is 0.368. The maximum atomic E-state index is 13.4. The van der Waals surface area contributed by atoms with E-state index in [1.165, 1.54) is 12.1 Å². The van der Waals surface area contributed by atoms with Gasteiger partial charge in [-0.15, -0.1) is 0 Å². The summed E-state index contributed by atoms with van der Waals surface area (Å²) in [5, 5.41) is 12.7. The molecule has 6 nitrogen and oxygen atoms in total. The van der Waals surface area contributed by atoms with Gasteiger partial charge in [0.25, 0.3) is 0 Å². The largest absolute Gasteiger partial charge is 0.393 e. The Balaban J connectivity index is 1.62. The molecule has 0 unspecified atom stereocenters. The van der Waals surface area contributed by atoms with Gasteiger partial charge in [0.05, 0.1) is 19.8 Å². The molecule has 1 aliphatic rings. The average Bonchev–Trinajstić information content (AvgIpc) is 2.63. The number of halogens is 1. The number of ether oxygens (including phenoxy) is 1. The summed E-state index contributed by atoms with van der Waals surface area (Å²) < 4.78 is 19.3. The van der Waals surface area contributed by atoms with Crippen molar-refractivity contribution in [2.75, 3.05) is 38.2 Å². The Labute approximate surface area is 151 Å². The minimum atomic E-state index is -0.850. The minimum absolute atomic E-state index is 0.171. The van der Waals surface area contributed by atoms with E-state index in [1.54, 1.807) is 36.5 Å². The summed E-state index contributed by atoms with van der Waals surface area (Å²) in [4.78, 5) is 18.2. The number of rotatable bonds is 6. The van der Waals surface area contributed by atoms with Gasteiger partial charge < -0.3 is 15.2 Å². The lowest BCUT2D eigenvalue weighted by Gasteiger charge is -2.41. The molecule has 0 radical (unpaired) electrons. The Bertz CT molecular complexity index is 744. The van der Waals surface area contributed by atoms with Crippen LogP contribution in [-0.4, -0.2) is 59.3 Å². The van der Waals surface area contributed by atoms with Gasteiger partial charge in [-0.25, -0.2) is 9.37 Å². The highest BCUT2D eigenvalue weighted by Crippen LogP contribution is 2.23. The van der Waals surface area contributed by atoms with Crippen LogP contribution in [0.15, 0.2) is 48.7 Å². The molecule has 0 spiro atoms.